The van der Waals surface area contributed by atoms with Crippen molar-refractivity contribution < 1.29 is 26.7 Å². The maximum atomic E-state index is 12.7. The number of benzene rings is 2. The first-order valence-corrected chi connectivity index (χ1v) is 9.83. The lowest BCUT2D eigenvalue weighted by atomic mass is 10.1. The van der Waals surface area contributed by atoms with Crippen molar-refractivity contribution in [2.24, 2.45) is 0 Å². The minimum Gasteiger partial charge on any atom is -0.387 e. The average Bonchev–Trinajstić information content (AvgIpc) is 2.59. The largest absolute Gasteiger partial charge is 0.416 e. The maximum Gasteiger partial charge on any atom is 0.416 e. The van der Waals surface area contributed by atoms with Gasteiger partial charge >= 0.3 is 6.18 Å². The summed E-state index contributed by atoms with van der Waals surface area (Å²) in [5.41, 5.74) is -0.548. The van der Waals surface area contributed by atoms with Gasteiger partial charge < -0.3 is 5.11 Å². The molecule has 1 atom stereocenters. The lowest BCUT2D eigenvalue weighted by Crippen LogP contribution is -2.28. The van der Waals surface area contributed by atoms with Crippen LogP contribution in [0, 0.1) is 0 Å². The molecule has 2 aromatic rings. The van der Waals surface area contributed by atoms with Crippen LogP contribution >= 0.6 is 11.8 Å². The maximum absolute atomic E-state index is 12.7. The first-order chi connectivity index (χ1) is 11.6. The summed E-state index contributed by atoms with van der Waals surface area (Å²) in [4.78, 5) is 0.479. The molecular weight excluding hydrogens is 375 g/mol. The number of hydrogen-bond donors (Lipinski definition) is 2. The zero-order valence-electron chi connectivity index (χ0n) is 13.1. The highest BCUT2D eigenvalue weighted by molar-refractivity contribution is 7.98. The molecule has 0 heterocycles. The smallest absolute Gasteiger partial charge is 0.387 e. The van der Waals surface area contributed by atoms with Crippen molar-refractivity contribution >= 4 is 21.8 Å². The average molecular weight is 391 g/mol. The van der Waals surface area contributed by atoms with Gasteiger partial charge in [0, 0.05) is 11.4 Å². The number of nitrogens with one attached hydrogen (secondary N) is 1. The molecule has 0 amide bonds. The normalized spacial score (nSPS) is 13.6. The number of sulfonamides is 1. The van der Waals surface area contributed by atoms with Gasteiger partial charge in [-0.25, -0.2) is 13.1 Å². The monoisotopic (exact) mass is 391 g/mol. The number of aliphatic hydroxyl groups excluding tert-OH is 1. The second kappa shape index (κ2) is 7.77. The summed E-state index contributed by atoms with van der Waals surface area (Å²) in [5, 5.41) is 10.1. The fourth-order valence-corrected chi connectivity index (χ4v) is 3.55. The molecule has 0 saturated carbocycles. The molecule has 0 radical (unpaired) electrons. The molecule has 0 aliphatic rings. The van der Waals surface area contributed by atoms with E-state index in [1.165, 1.54) is 11.8 Å². The van der Waals surface area contributed by atoms with Gasteiger partial charge in [0.15, 0.2) is 0 Å². The first-order valence-electron chi connectivity index (χ1n) is 7.12. The number of aliphatic hydroxyl groups is 1. The van der Waals surface area contributed by atoms with Crippen LogP contribution in [0.5, 0.6) is 0 Å². The number of rotatable bonds is 6. The van der Waals surface area contributed by atoms with E-state index in [0.717, 1.165) is 23.1 Å². The van der Waals surface area contributed by atoms with Crippen LogP contribution < -0.4 is 4.72 Å². The van der Waals surface area contributed by atoms with E-state index in [0.29, 0.717) is 11.6 Å². The third kappa shape index (κ3) is 5.21. The Morgan fingerprint density at radius 1 is 1.16 bits per heavy atom. The van der Waals surface area contributed by atoms with Crippen LogP contribution in [0.3, 0.4) is 0 Å². The summed E-state index contributed by atoms with van der Waals surface area (Å²) < 4.78 is 64.5. The van der Waals surface area contributed by atoms with Gasteiger partial charge in [0.2, 0.25) is 10.0 Å². The third-order valence-corrected chi connectivity index (χ3v) is 5.60. The molecule has 4 nitrogen and oxygen atoms in total. The Kier molecular flexibility index (Phi) is 6.15. The van der Waals surface area contributed by atoms with Crippen LogP contribution in [0.4, 0.5) is 13.2 Å². The Labute approximate surface area is 148 Å². The fourth-order valence-electron chi connectivity index (χ4n) is 2.06. The summed E-state index contributed by atoms with van der Waals surface area (Å²) in [6.07, 6.45) is -3.85. The van der Waals surface area contributed by atoms with E-state index in [-0.39, 0.29) is 6.54 Å². The van der Waals surface area contributed by atoms with E-state index >= 15 is 0 Å². The molecule has 0 spiro atoms. The molecule has 136 valence electrons. The van der Waals surface area contributed by atoms with Gasteiger partial charge in [0.05, 0.1) is 16.6 Å². The number of thioether (sulfide) groups is 1. The van der Waals surface area contributed by atoms with Gasteiger partial charge in [-0.2, -0.15) is 13.2 Å². The van der Waals surface area contributed by atoms with Gasteiger partial charge in [0.25, 0.3) is 0 Å². The molecular formula is C16H16F3NO3S2. The number of hydrogen-bond acceptors (Lipinski definition) is 4. The molecule has 2 N–H and O–H groups in total. The molecule has 0 aliphatic heterocycles. The standard InChI is InChI=1S/C16H16F3NO3S2/c1-24-13-7-5-11(6-8-13)15(21)10-20-25(22,23)14-4-2-3-12(9-14)16(17,18)19/h2-9,15,20-21H,10H2,1H3. The quantitative estimate of drug-likeness (QED) is 0.741. The SMILES string of the molecule is CSc1ccc(C(O)CNS(=O)(=O)c2cccc(C(F)(F)F)c2)cc1. The summed E-state index contributed by atoms with van der Waals surface area (Å²) in [6.45, 7) is -0.350. The molecule has 0 aromatic heterocycles. The van der Waals surface area contributed by atoms with Crippen molar-refractivity contribution in [2.45, 2.75) is 22.1 Å². The van der Waals surface area contributed by atoms with Crippen LogP contribution in [0.15, 0.2) is 58.3 Å². The lowest BCUT2D eigenvalue weighted by Gasteiger charge is -2.14. The summed E-state index contributed by atoms with van der Waals surface area (Å²) in [5.74, 6) is 0. The molecule has 2 aromatic carbocycles. The van der Waals surface area contributed by atoms with Crippen LogP contribution in [0.25, 0.3) is 0 Å². The summed E-state index contributed by atoms with van der Waals surface area (Å²) in [7, 11) is -4.17. The predicted molar refractivity (Wildman–Crippen MR) is 89.8 cm³/mol. The molecule has 0 aliphatic carbocycles. The Bertz CT molecular complexity index is 821. The molecule has 0 bridgehead atoms. The van der Waals surface area contributed by atoms with Crippen LogP contribution in [0.1, 0.15) is 17.2 Å². The zero-order chi connectivity index (χ0) is 18.7. The Morgan fingerprint density at radius 2 is 1.80 bits per heavy atom. The van der Waals surface area contributed by atoms with E-state index in [1.54, 1.807) is 24.3 Å². The second-order valence-corrected chi connectivity index (χ2v) is 7.81. The van der Waals surface area contributed by atoms with E-state index in [4.69, 9.17) is 0 Å². The Balaban J connectivity index is 2.10. The highest BCUT2D eigenvalue weighted by Gasteiger charge is 2.31. The second-order valence-electron chi connectivity index (χ2n) is 5.17. The topological polar surface area (TPSA) is 66.4 Å². The first kappa shape index (κ1) is 19.8. The molecule has 1 unspecified atom stereocenters. The lowest BCUT2D eigenvalue weighted by molar-refractivity contribution is -0.137. The van der Waals surface area contributed by atoms with Gasteiger partial charge in [-0.1, -0.05) is 18.2 Å². The van der Waals surface area contributed by atoms with Crippen LogP contribution in [-0.2, 0) is 16.2 Å². The predicted octanol–water partition coefficient (Wildman–Crippen LogP) is 3.44. The molecule has 0 fully saturated rings. The molecule has 9 heteroatoms. The molecule has 0 saturated heterocycles. The van der Waals surface area contributed by atoms with Crippen molar-refractivity contribution in [3.63, 3.8) is 0 Å². The van der Waals surface area contributed by atoms with Crippen molar-refractivity contribution in [2.75, 3.05) is 12.8 Å². The van der Waals surface area contributed by atoms with E-state index in [1.807, 2.05) is 6.26 Å². The van der Waals surface area contributed by atoms with Crippen molar-refractivity contribution in [3.8, 4) is 0 Å². The molecule has 25 heavy (non-hydrogen) atoms. The summed E-state index contributed by atoms with van der Waals surface area (Å²) in [6, 6.07) is 10.3. The van der Waals surface area contributed by atoms with Crippen molar-refractivity contribution in [1.82, 2.24) is 4.72 Å². The van der Waals surface area contributed by atoms with Crippen molar-refractivity contribution in [3.05, 3.63) is 59.7 Å². The minimum absolute atomic E-state index is 0.350. The van der Waals surface area contributed by atoms with E-state index in [9.17, 15) is 26.7 Å². The molecule has 2 rings (SSSR count). The highest BCUT2D eigenvalue weighted by atomic mass is 32.2. The van der Waals surface area contributed by atoms with E-state index < -0.39 is 32.8 Å². The minimum atomic E-state index is -4.63. The van der Waals surface area contributed by atoms with Crippen LogP contribution in [-0.4, -0.2) is 26.3 Å². The van der Waals surface area contributed by atoms with Gasteiger partial charge in [-0.15, -0.1) is 11.8 Å². The summed E-state index contributed by atoms with van der Waals surface area (Å²) >= 11 is 1.52. The van der Waals surface area contributed by atoms with Gasteiger partial charge in [-0.3, -0.25) is 0 Å². The number of alkyl halides is 3. The third-order valence-electron chi connectivity index (χ3n) is 3.44. The highest BCUT2D eigenvalue weighted by Crippen LogP contribution is 2.30. The van der Waals surface area contributed by atoms with Gasteiger partial charge in [0.1, 0.15) is 0 Å². The van der Waals surface area contributed by atoms with Crippen LogP contribution in [0.2, 0.25) is 0 Å². The Morgan fingerprint density at radius 3 is 2.36 bits per heavy atom. The van der Waals surface area contributed by atoms with E-state index in [2.05, 4.69) is 4.72 Å². The van der Waals surface area contributed by atoms with Gasteiger partial charge in [-0.05, 0) is 42.2 Å². The zero-order valence-corrected chi connectivity index (χ0v) is 14.8. The number of halogens is 3. The van der Waals surface area contributed by atoms with Crippen molar-refractivity contribution in [1.29, 1.82) is 0 Å². The fraction of sp³-hybridized carbons (Fsp3) is 0.250. The Hall–Kier alpha value is -1.55.